The van der Waals surface area contributed by atoms with E-state index in [2.05, 4.69) is 55.6 Å². The van der Waals surface area contributed by atoms with Crippen LogP contribution in [0.2, 0.25) is 0 Å². The maximum Gasteiger partial charge on any atom is 0.0951 e. The summed E-state index contributed by atoms with van der Waals surface area (Å²) in [4.78, 5) is 4.76. The molecule has 1 aromatic heterocycles. The molecule has 23 heavy (non-hydrogen) atoms. The number of hydrogen-bond acceptors (Lipinski definition) is 3. The third-order valence-electron chi connectivity index (χ3n) is 4.05. The van der Waals surface area contributed by atoms with Crippen LogP contribution in [0.4, 0.5) is 0 Å². The van der Waals surface area contributed by atoms with Gasteiger partial charge in [-0.15, -0.1) is 11.3 Å². The number of hydrogen-bond donors (Lipinski definition) is 1. The van der Waals surface area contributed by atoms with Crippen LogP contribution in [0.5, 0.6) is 0 Å². The third kappa shape index (κ3) is 3.87. The van der Waals surface area contributed by atoms with Crippen molar-refractivity contribution in [3.05, 3.63) is 76.1 Å². The van der Waals surface area contributed by atoms with Crippen molar-refractivity contribution < 1.29 is 0 Å². The van der Waals surface area contributed by atoms with Crippen molar-refractivity contribution in [2.24, 2.45) is 5.73 Å². The maximum absolute atomic E-state index is 6.29. The van der Waals surface area contributed by atoms with Crippen molar-refractivity contribution in [2.75, 3.05) is 0 Å². The molecular formula is C20H22N2S. The van der Waals surface area contributed by atoms with Crippen LogP contribution in [0, 0.1) is 0 Å². The molecule has 0 aliphatic heterocycles. The Labute approximate surface area is 142 Å². The third-order valence-corrected chi connectivity index (χ3v) is 4.92. The molecule has 2 aromatic carbocycles. The Morgan fingerprint density at radius 1 is 0.957 bits per heavy atom. The largest absolute Gasteiger partial charge is 0.324 e. The minimum Gasteiger partial charge on any atom is -0.324 e. The maximum atomic E-state index is 6.29. The number of nitrogens with two attached hydrogens (primary N) is 1. The van der Waals surface area contributed by atoms with E-state index in [1.807, 2.05) is 18.2 Å². The normalized spacial score (nSPS) is 12.5. The monoisotopic (exact) mass is 322 g/mol. The van der Waals surface area contributed by atoms with Crippen molar-refractivity contribution in [3.8, 4) is 11.3 Å². The Morgan fingerprint density at radius 3 is 2.30 bits per heavy atom. The molecule has 3 aromatic rings. The van der Waals surface area contributed by atoms with Gasteiger partial charge in [0.1, 0.15) is 0 Å². The second kappa shape index (κ2) is 7.07. The molecular weight excluding hydrogens is 300 g/mol. The molecule has 2 nitrogen and oxygen atoms in total. The van der Waals surface area contributed by atoms with Gasteiger partial charge in [-0.3, -0.25) is 0 Å². The zero-order chi connectivity index (χ0) is 16.2. The molecule has 0 fully saturated rings. The van der Waals surface area contributed by atoms with E-state index in [1.165, 1.54) is 11.1 Å². The van der Waals surface area contributed by atoms with Gasteiger partial charge in [-0.25, -0.2) is 4.98 Å². The molecule has 2 N–H and O–H groups in total. The number of nitrogens with zero attached hydrogens (tertiary/aromatic N) is 1. The smallest absolute Gasteiger partial charge is 0.0951 e. The van der Waals surface area contributed by atoms with Gasteiger partial charge in [0, 0.05) is 23.4 Å². The fourth-order valence-corrected chi connectivity index (χ4v) is 3.45. The Bertz CT molecular complexity index is 745. The van der Waals surface area contributed by atoms with Crippen LogP contribution in [-0.4, -0.2) is 4.98 Å². The molecule has 0 amide bonds. The first kappa shape index (κ1) is 15.9. The molecule has 3 heteroatoms. The van der Waals surface area contributed by atoms with Crippen molar-refractivity contribution in [3.63, 3.8) is 0 Å². The lowest BCUT2D eigenvalue weighted by Gasteiger charge is -2.09. The first-order valence-corrected chi connectivity index (χ1v) is 8.86. The van der Waals surface area contributed by atoms with E-state index in [0.29, 0.717) is 5.92 Å². The molecule has 0 spiro atoms. The average Bonchev–Trinajstić information content (AvgIpc) is 3.04. The summed E-state index contributed by atoms with van der Waals surface area (Å²) in [5.74, 6) is 0.555. The minimum absolute atomic E-state index is 0.00137. The summed E-state index contributed by atoms with van der Waals surface area (Å²) in [6.07, 6.45) is 0.777. The number of benzene rings is 2. The highest BCUT2D eigenvalue weighted by atomic mass is 32.1. The highest BCUT2D eigenvalue weighted by Gasteiger charge is 2.11. The molecule has 118 valence electrons. The summed E-state index contributed by atoms with van der Waals surface area (Å²) >= 11 is 1.69. The molecule has 0 saturated heterocycles. The van der Waals surface area contributed by atoms with E-state index in [4.69, 9.17) is 10.7 Å². The minimum atomic E-state index is -0.00137. The lowest BCUT2D eigenvalue weighted by molar-refractivity contribution is 0.718. The van der Waals surface area contributed by atoms with Crippen molar-refractivity contribution >= 4 is 11.3 Å². The summed E-state index contributed by atoms with van der Waals surface area (Å²) in [7, 11) is 0. The van der Waals surface area contributed by atoms with Gasteiger partial charge in [-0.05, 0) is 17.0 Å². The van der Waals surface area contributed by atoms with Crippen molar-refractivity contribution in [2.45, 2.75) is 32.2 Å². The van der Waals surface area contributed by atoms with E-state index in [9.17, 15) is 0 Å². The van der Waals surface area contributed by atoms with Gasteiger partial charge >= 0.3 is 0 Å². The molecule has 3 rings (SSSR count). The first-order valence-electron chi connectivity index (χ1n) is 7.98. The standard InChI is InChI=1S/C20H22N2S/c1-14(2)15-8-10-17(11-9-15)19-13-23-20(22-19)12-18(21)16-6-4-3-5-7-16/h3-11,13-14,18H,12,21H2,1-2H3. The van der Waals surface area contributed by atoms with E-state index < -0.39 is 0 Å². The Hall–Kier alpha value is -1.97. The summed E-state index contributed by atoms with van der Waals surface area (Å²) < 4.78 is 0. The first-order chi connectivity index (χ1) is 11.1. The average molecular weight is 322 g/mol. The molecule has 0 aliphatic carbocycles. The van der Waals surface area contributed by atoms with Crippen LogP contribution in [-0.2, 0) is 6.42 Å². The second-order valence-corrected chi connectivity index (χ2v) is 7.07. The van der Waals surface area contributed by atoms with Crippen LogP contribution >= 0.6 is 11.3 Å². The number of rotatable bonds is 5. The molecule has 0 aliphatic rings. The fourth-order valence-electron chi connectivity index (χ4n) is 2.58. The number of aromatic nitrogens is 1. The van der Waals surface area contributed by atoms with Crippen molar-refractivity contribution in [1.29, 1.82) is 0 Å². The Morgan fingerprint density at radius 2 is 1.65 bits per heavy atom. The lowest BCUT2D eigenvalue weighted by Crippen LogP contribution is -2.12. The molecule has 0 bridgehead atoms. The van der Waals surface area contributed by atoms with Crippen LogP contribution in [0.25, 0.3) is 11.3 Å². The highest BCUT2D eigenvalue weighted by molar-refractivity contribution is 7.09. The van der Waals surface area contributed by atoms with Gasteiger partial charge in [-0.1, -0.05) is 68.4 Å². The molecule has 1 heterocycles. The van der Waals surface area contributed by atoms with E-state index in [1.54, 1.807) is 11.3 Å². The molecule has 0 radical (unpaired) electrons. The van der Waals surface area contributed by atoms with Crippen LogP contribution < -0.4 is 5.73 Å². The van der Waals surface area contributed by atoms with Gasteiger partial charge < -0.3 is 5.73 Å². The topological polar surface area (TPSA) is 38.9 Å². The van der Waals surface area contributed by atoms with Crippen LogP contribution in [0.3, 0.4) is 0 Å². The quantitative estimate of drug-likeness (QED) is 0.703. The number of thiazole rings is 1. The van der Waals surface area contributed by atoms with E-state index >= 15 is 0 Å². The van der Waals surface area contributed by atoms with Crippen LogP contribution in [0.1, 0.15) is 41.9 Å². The van der Waals surface area contributed by atoms with Gasteiger partial charge in [0.25, 0.3) is 0 Å². The van der Waals surface area contributed by atoms with Gasteiger partial charge in [0.05, 0.1) is 10.7 Å². The second-order valence-electron chi connectivity index (χ2n) is 6.12. The SMILES string of the molecule is CC(C)c1ccc(-c2csc(CC(N)c3ccccc3)n2)cc1. The Balaban J connectivity index is 1.73. The van der Waals surface area contributed by atoms with E-state index in [0.717, 1.165) is 22.7 Å². The Kier molecular flexibility index (Phi) is 4.89. The lowest BCUT2D eigenvalue weighted by atomic mass is 10.0. The fraction of sp³-hybridized carbons (Fsp3) is 0.250. The van der Waals surface area contributed by atoms with Gasteiger partial charge in [0.15, 0.2) is 0 Å². The predicted molar refractivity (Wildman–Crippen MR) is 98.7 cm³/mol. The summed E-state index contributed by atoms with van der Waals surface area (Å²) in [6, 6.07) is 18.9. The molecule has 1 atom stereocenters. The zero-order valence-corrected chi connectivity index (χ0v) is 14.4. The summed E-state index contributed by atoms with van der Waals surface area (Å²) in [5, 5.41) is 3.21. The molecule has 0 saturated carbocycles. The highest BCUT2D eigenvalue weighted by Crippen LogP contribution is 2.26. The van der Waals surface area contributed by atoms with Gasteiger partial charge in [-0.2, -0.15) is 0 Å². The van der Waals surface area contributed by atoms with Crippen molar-refractivity contribution in [1.82, 2.24) is 4.98 Å². The van der Waals surface area contributed by atoms with E-state index in [-0.39, 0.29) is 6.04 Å². The zero-order valence-electron chi connectivity index (χ0n) is 13.6. The summed E-state index contributed by atoms with van der Waals surface area (Å²) in [5.41, 5.74) is 11.0. The predicted octanol–water partition coefficient (Wildman–Crippen LogP) is 5.18. The van der Waals surface area contributed by atoms with Gasteiger partial charge in [0.2, 0.25) is 0 Å². The molecule has 1 unspecified atom stereocenters. The van der Waals surface area contributed by atoms with Crippen LogP contribution in [0.15, 0.2) is 60.0 Å². The summed E-state index contributed by atoms with van der Waals surface area (Å²) in [6.45, 7) is 4.42.